The van der Waals surface area contributed by atoms with Gasteiger partial charge in [-0.2, -0.15) is 0 Å². The van der Waals surface area contributed by atoms with Crippen molar-refractivity contribution in [2.45, 2.75) is 33.6 Å². The number of carbonyl (C=O) groups excluding carboxylic acids is 1. The standard InChI is InChI=1S/C21H26N2O3/c1-14-6-8-22(9-7-14)12-19(24)18-10-15(2)23(16(18)3)17-4-5-20-21(11-17)26-13-25-20/h4-5,10-11,14H,6-9,12-13H2,1-3H3/p+1. The van der Waals surface area contributed by atoms with Gasteiger partial charge in [0.05, 0.1) is 13.1 Å². The van der Waals surface area contributed by atoms with E-state index in [-0.39, 0.29) is 12.6 Å². The van der Waals surface area contributed by atoms with Crippen LogP contribution in [0.1, 0.15) is 41.5 Å². The van der Waals surface area contributed by atoms with E-state index >= 15 is 0 Å². The third-order valence-electron chi connectivity index (χ3n) is 5.74. The molecule has 0 amide bonds. The number of nitrogens with zero attached hydrogens (tertiary/aromatic N) is 1. The Morgan fingerprint density at radius 2 is 1.88 bits per heavy atom. The van der Waals surface area contributed by atoms with Gasteiger partial charge in [0.25, 0.3) is 0 Å². The number of Topliss-reactive ketones (excluding diaryl/α,β-unsaturated/α-hetero) is 1. The van der Waals surface area contributed by atoms with Crippen LogP contribution in [0.2, 0.25) is 0 Å². The normalized spacial score (nSPS) is 21.8. The van der Waals surface area contributed by atoms with Crippen LogP contribution in [0, 0.1) is 19.8 Å². The van der Waals surface area contributed by atoms with Crippen LogP contribution >= 0.6 is 0 Å². The first-order valence-corrected chi connectivity index (χ1v) is 9.48. The summed E-state index contributed by atoms with van der Waals surface area (Å²) in [6.07, 6.45) is 2.44. The molecule has 138 valence electrons. The molecular weight excluding hydrogens is 328 g/mol. The third kappa shape index (κ3) is 3.12. The number of quaternary nitrogens is 1. The quantitative estimate of drug-likeness (QED) is 0.856. The zero-order valence-electron chi connectivity index (χ0n) is 15.8. The minimum Gasteiger partial charge on any atom is -0.454 e. The maximum atomic E-state index is 12.9. The molecule has 1 saturated heterocycles. The number of hydrogen-bond acceptors (Lipinski definition) is 3. The highest BCUT2D eigenvalue weighted by Crippen LogP contribution is 2.34. The van der Waals surface area contributed by atoms with E-state index in [2.05, 4.69) is 11.5 Å². The first-order chi connectivity index (χ1) is 12.5. The molecular formula is C21H27N2O3+. The summed E-state index contributed by atoms with van der Waals surface area (Å²) < 4.78 is 13.0. The number of ether oxygens (including phenoxy) is 2. The predicted molar refractivity (Wildman–Crippen MR) is 99.7 cm³/mol. The molecule has 1 aromatic heterocycles. The molecule has 4 rings (SSSR count). The third-order valence-corrected chi connectivity index (χ3v) is 5.74. The summed E-state index contributed by atoms with van der Waals surface area (Å²) in [5, 5.41) is 0. The highest BCUT2D eigenvalue weighted by molar-refractivity contribution is 5.98. The number of piperidine rings is 1. The number of nitrogens with one attached hydrogen (secondary N) is 1. The van der Waals surface area contributed by atoms with E-state index in [1.54, 1.807) is 0 Å². The van der Waals surface area contributed by atoms with Gasteiger partial charge in [0.2, 0.25) is 12.6 Å². The summed E-state index contributed by atoms with van der Waals surface area (Å²) in [6, 6.07) is 7.94. The second-order valence-electron chi connectivity index (χ2n) is 7.69. The molecule has 0 saturated carbocycles. The summed E-state index contributed by atoms with van der Waals surface area (Å²) in [5.74, 6) is 2.57. The van der Waals surface area contributed by atoms with E-state index in [0.717, 1.165) is 53.1 Å². The van der Waals surface area contributed by atoms with Gasteiger partial charge in [0.1, 0.15) is 6.54 Å². The van der Waals surface area contributed by atoms with E-state index in [1.807, 2.05) is 38.1 Å². The van der Waals surface area contributed by atoms with Gasteiger partial charge in [-0.1, -0.05) is 6.92 Å². The van der Waals surface area contributed by atoms with Crippen molar-refractivity contribution >= 4 is 5.78 Å². The van der Waals surface area contributed by atoms with E-state index in [1.165, 1.54) is 17.7 Å². The Hall–Kier alpha value is -2.27. The molecule has 26 heavy (non-hydrogen) atoms. The van der Waals surface area contributed by atoms with Crippen LogP contribution in [0.15, 0.2) is 24.3 Å². The molecule has 3 heterocycles. The molecule has 5 nitrogen and oxygen atoms in total. The van der Waals surface area contributed by atoms with Crippen molar-refractivity contribution in [2.24, 2.45) is 5.92 Å². The molecule has 0 spiro atoms. The summed E-state index contributed by atoms with van der Waals surface area (Å²) in [6.45, 7) is 9.45. The highest BCUT2D eigenvalue weighted by Gasteiger charge is 2.25. The maximum absolute atomic E-state index is 12.9. The second-order valence-corrected chi connectivity index (χ2v) is 7.69. The molecule has 0 aliphatic carbocycles. The topological polar surface area (TPSA) is 44.9 Å². The molecule has 1 fully saturated rings. The number of benzene rings is 1. The van der Waals surface area contributed by atoms with Crippen LogP contribution in [0.3, 0.4) is 0 Å². The molecule has 0 atom stereocenters. The Kier molecular flexibility index (Phi) is 4.49. The van der Waals surface area contributed by atoms with E-state index in [0.29, 0.717) is 6.54 Å². The first-order valence-electron chi connectivity index (χ1n) is 9.48. The summed E-state index contributed by atoms with van der Waals surface area (Å²) in [4.78, 5) is 14.3. The smallest absolute Gasteiger partial charge is 0.231 e. The van der Waals surface area contributed by atoms with Crippen molar-refractivity contribution in [2.75, 3.05) is 26.4 Å². The van der Waals surface area contributed by atoms with E-state index in [9.17, 15) is 4.79 Å². The van der Waals surface area contributed by atoms with Crippen molar-refractivity contribution in [3.8, 4) is 17.2 Å². The maximum Gasteiger partial charge on any atom is 0.231 e. The number of ketones is 1. The van der Waals surface area contributed by atoms with Crippen molar-refractivity contribution in [3.05, 3.63) is 41.2 Å². The number of hydrogen-bond donors (Lipinski definition) is 1. The number of rotatable bonds is 4. The SMILES string of the molecule is Cc1cc(C(=O)C[NH+]2CCC(C)CC2)c(C)n1-c1ccc2c(c1)OCO2. The lowest BCUT2D eigenvalue weighted by molar-refractivity contribution is -0.897. The van der Waals surface area contributed by atoms with Crippen molar-refractivity contribution in [1.29, 1.82) is 0 Å². The molecule has 1 aromatic carbocycles. The molecule has 2 aliphatic heterocycles. The van der Waals surface area contributed by atoms with Crippen LogP contribution in [0.25, 0.3) is 5.69 Å². The Morgan fingerprint density at radius 1 is 1.15 bits per heavy atom. The minimum atomic E-state index is 0.245. The van der Waals surface area contributed by atoms with Crippen molar-refractivity contribution in [1.82, 2.24) is 4.57 Å². The van der Waals surface area contributed by atoms with Crippen molar-refractivity contribution < 1.29 is 19.2 Å². The molecule has 0 radical (unpaired) electrons. The van der Waals surface area contributed by atoms with Gasteiger partial charge >= 0.3 is 0 Å². The summed E-state index contributed by atoms with van der Waals surface area (Å²) >= 11 is 0. The van der Waals surface area contributed by atoms with E-state index in [4.69, 9.17) is 9.47 Å². The largest absolute Gasteiger partial charge is 0.454 e. The number of aryl methyl sites for hydroxylation is 1. The Balaban J connectivity index is 1.57. The van der Waals surface area contributed by atoms with Gasteiger partial charge in [-0.15, -0.1) is 0 Å². The van der Waals surface area contributed by atoms with Gasteiger partial charge in [-0.05, 0) is 50.8 Å². The van der Waals surface area contributed by atoms with Crippen LogP contribution in [-0.4, -0.2) is 36.8 Å². The lowest BCUT2D eigenvalue weighted by Crippen LogP contribution is -3.13. The average Bonchev–Trinajstić information content (AvgIpc) is 3.20. The summed E-state index contributed by atoms with van der Waals surface area (Å²) in [7, 11) is 0. The fourth-order valence-corrected chi connectivity index (χ4v) is 4.14. The number of likely N-dealkylation sites (tertiary alicyclic amines) is 1. The van der Waals surface area contributed by atoms with Crippen molar-refractivity contribution in [3.63, 3.8) is 0 Å². The van der Waals surface area contributed by atoms with Crippen LogP contribution < -0.4 is 14.4 Å². The number of carbonyl (C=O) groups is 1. The monoisotopic (exact) mass is 355 g/mol. The highest BCUT2D eigenvalue weighted by atomic mass is 16.7. The molecule has 0 bridgehead atoms. The van der Waals surface area contributed by atoms with Gasteiger partial charge < -0.3 is 18.9 Å². The number of aromatic nitrogens is 1. The fraction of sp³-hybridized carbons (Fsp3) is 0.476. The molecule has 2 aromatic rings. The minimum absolute atomic E-state index is 0.245. The summed E-state index contributed by atoms with van der Waals surface area (Å²) in [5.41, 5.74) is 3.90. The fourth-order valence-electron chi connectivity index (χ4n) is 4.14. The van der Waals surface area contributed by atoms with Crippen LogP contribution in [0.4, 0.5) is 0 Å². The Morgan fingerprint density at radius 3 is 2.65 bits per heavy atom. The average molecular weight is 355 g/mol. The van der Waals surface area contributed by atoms with E-state index < -0.39 is 0 Å². The lowest BCUT2D eigenvalue weighted by atomic mass is 9.99. The van der Waals surface area contributed by atoms with Crippen LogP contribution in [-0.2, 0) is 0 Å². The molecule has 1 N–H and O–H groups in total. The Labute approximate surface area is 154 Å². The van der Waals surface area contributed by atoms with Crippen LogP contribution in [0.5, 0.6) is 11.5 Å². The predicted octanol–water partition coefficient (Wildman–Crippen LogP) is 2.32. The van der Waals surface area contributed by atoms with Gasteiger partial charge in [-0.25, -0.2) is 0 Å². The zero-order valence-corrected chi connectivity index (χ0v) is 15.8. The molecule has 0 unspecified atom stereocenters. The first kappa shape index (κ1) is 17.2. The molecule has 2 aliphatic rings. The Bertz CT molecular complexity index is 832. The molecule has 5 heteroatoms. The number of fused-ring (bicyclic) bond motifs is 1. The zero-order chi connectivity index (χ0) is 18.3. The van der Waals surface area contributed by atoms with Gasteiger partial charge in [0.15, 0.2) is 11.5 Å². The lowest BCUT2D eigenvalue weighted by Gasteiger charge is -2.26. The van der Waals surface area contributed by atoms with Gasteiger partial charge in [0, 0.05) is 28.7 Å². The second kappa shape index (κ2) is 6.80. The van der Waals surface area contributed by atoms with Gasteiger partial charge in [-0.3, -0.25) is 4.79 Å².